The molecule has 16 heavy (non-hydrogen) atoms. The smallest absolute Gasteiger partial charge is 0.211 e. The molecular formula is C10H6Cl2N2O2. The van der Waals surface area contributed by atoms with Crippen LogP contribution in [0.2, 0.25) is 10.0 Å². The first-order valence-corrected chi connectivity index (χ1v) is 4.94. The summed E-state index contributed by atoms with van der Waals surface area (Å²) < 4.78 is 0. The number of hydrogen-bond donors (Lipinski definition) is 0. The summed E-state index contributed by atoms with van der Waals surface area (Å²) in [6, 6.07) is 0. The molecule has 0 radical (unpaired) electrons. The van der Waals surface area contributed by atoms with Crippen LogP contribution in [0.5, 0.6) is 0 Å². The van der Waals surface area contributed by atoms with E-state index in [0.717, 1.165) is 0 Å². The third-order valence-corrected chi connectivity index (χ3v) is 3.05. The molecule has 0 aliphatic heterocycles. The van der Waals surface area contributed by atoms with Crippen molar-refractivity contribution in [3.8, 4) is 0 Å². The van der Waals surface area contributed by atoms with Gasteiger partial charge in [-0.25, -0.2) is 9.59 Å². The Kier molecular flexibility index (Phi) is 3.99. The van der Waals surface area contributed by atoms with E-state index in [0.29, 0.717) is 16.8 Å². The van der Waals surface area contributed by atoms with Gasteiger partial charge >= 0.3 is 0 Å². The minimum atomic E-state index is 0.143. The van der Waals surface area contributed by atoms with Crippen molar-refractivity contribution < 1.29 is 9.59 Å². The molecule has 0 unspecified atom stereocenters. The Morgan fingerprint density at radius 1 is 0.875 bits per heavy atom. The first kappa shape index (κ1) is 12.6. The van der Waals surface area contributed by atoms with Gasteiger partial charge in [-0.3, -0.25) is 0 Å². The van der Waals surface area contributed by atoms with Crippen molar-refractivity contribution in [2.75, 3.05) is 0 Å². The highest BCUT2D eigenvalue weighted by Crippen LogP contribution is 2.43. The van der Waals surface area contributed by atoms with Gasteiger partial charge in [-0.2, -0.15) is 9.98 Å². The van der Waals surface area contributed by atoms with E-state index in [4.69, 9.17) is 23.2 Å². The maximum absolute atomic E-state index is 10.3. The van der Waals surface area contributed by atoms with Crippen molar-refractivity contribution in [3.05, 3.63) is 21.2 Å². The lowest BCUT2D eigenvalue weighted by atomic mass is 10.1. The molecule has 0 N–H and O–H groups in total. The molecule has 0 atom stereocenters. The fourth-order valence-electron chi connectivity index (χ4n) is 1.32. The lowest BCUT2D eigenvalue weighted by Crippen LogP contribution is -1.86. The number of benzene rings is 1. The Hall–Kier alpha value is -1.44. The van der Waals surface area contributed by atoms with Gasteiger partial charge in [0, 0.05) is 5.56 Å². The zero-order valence-electron chi connectivity index (χ0n) is 8.47. The summed E-state index contributed by atoms with van der Waals surface area (Å²) in [5.41, 5.74) is 1.51. The summed E-state index contributed by atoms with van der Waals surface area (Å²) in [5, 5.41) is 0.347. The van der Waals surface area contributed by atoms with Crippen LogP contribution in [0.3, 0.4) is 0 Å². The Balaban J connectivity index is 3.78. The summed E-state index contributed by atoms with van der Waals surface area (Å²) in [7, 11) is 0. The maximum Gasteiger partial charge on any atom is 0.240 e. The molecule has 0 saturated carbocycles. The number of carbonyl (C=O) groups excluding carboxylic acids is 2. The quantitative estimate of drug-likeness (QED) is 0.600. The molecule has 82 valence electrons. The van der Waals surface area contributed by atoms with E-state index in [9.17, 15) is 9.59 Å². The van der Waals surface area contributed by atoms with Crippen LogP contribution >= 0.6 is 23.2 Å². The van der Waals surface area contributed by atoms with Crippen molar-refractivity contribution in [1.82, 2.24) is 0 Å². The van der Waals surface area contributed by atoms with Crippen molar-refractivity contribution in [2.45, 2.75) is 13.8 Å². The highest BCUT2D eigenvalue weighted by Gasteiger charge is 2.16. The summed E-state index contributed by atoms with van der Waals surface area (Å²) in [5.74, 6) is 0. The van der Waals surface area contributed by atoms with Gasteiger partial charge in [0.2, 0.25) is 12.2 Å². The van der Waals surface area contributed by atoms with Gasteiger partial charge in [0.15, 0.2) is 0 Å². The molecule has 6 heteroatoms. The molecule has 0 fully saturated rings. The predicted octanol–water partition coefficient (Wildman–Crippen LogP) is 3.54. The second kappa shape index (κ2) is 5.06. The van der Waals surface area contributed by atoms with Gasteiger partial charge < -0.3 is 0 Å². The third-order valence-electron chi connectivity index (χ3n) is 2.11. The summed E-state index contributed by atoms with van der Waals surface area (Å²) >= 11 is 11.8. The van der Waals surface area contributed by atoms with E-state index >= 15 is 0 Å². The number of halogens is 2. The van der Waals surface area contributed by atoms with E-state index in [1.807, 2.05) is 0 Å². The second-order valence-electron chi connectivity index (χ2n) is 2.98. The average molecular weight is 257 g/mol. The van der Waals surface area contributed by atoms with Crippen LogP contribution < -0.4 is 0 Å². The minimum absolute atomic E-state index is 0.143. The van der Waals surface area contributed by atoms with Crippen molar-refractivity contribution in [2.24, 2.45) is 9.98 Å². The Bertz CT molecular complexity index is 497. The van der Waals surface area contributed by atoms with Crippen LogP contribution in [0.4, 0.5) is 11.4 Å². The first-order valence-electron chi connectivity index (χ1n) is 4.18. The van der Waals surface area contributed by atoms with Crippen LogP contribution in [0.1, 0.15) is 11.1 Å². The summed E-state index contributed by atoms with van der Waals surface area (Å²) in [6.07, 6.45) is 2.79. The molecule has 0 spiro atoms. The van der Waals surface area contributed by atoms with Gasteiger partial charge in [0.05, 0.1) is 15.7 Å². The Labute approximate surface area is 102 Å². The van der Waals surface area contributed by atoms with Crippen LogP contribution in [0.15, 0.2) is 9.98 Å². The molecule has 1 aromatic carbocycles. The average Bonchev–Trinajstić information content (AvgIpc) is 2.28. The summed E-state index contributed by atoms with van der Waals surface area (Å²) in [6.45, 7) is 3.29. The molecule has 1 aromatic rings. The topological polar surface area (TPSA) is 58.9 Å². The number of hydrogen-bond acceptors (Lipinski definition) is 4. The predicted molar refractivity (Wildman–Crippen MR) is 61.5 cm³/mol. The lowest BCUT2D eigenvalue weighted by molar-refractivity contribution is 0.565. The van der Waals surface area contributed by atoms with Crippen LogP contribution in [0.25, 0.3) is 0 Å². The standard InChI is InChI=1S/C10H6Cl2N2O2/c1-5-7(11)8(12)10(14-4-16)6(2)9(5)13-3-15/h1-2H3. The van der Waals surface area contributed by atoms with E-state index < -0.39 is 0 Å². The minimum Gasteiger partial charge on any atom is -0.211 e. The molecule has 0 aliphatic rings. The number of isocyanates is 2. The fourth-order valence-corrected chi connectivity index (χ4v) is 1.83. The van der Waals surface area contributed by atoms with Crippen LogP contribution in [0, 0.1) is 13.8 Å². The van der Waals surface area contributed by atoms with Crippen LogP contribution in [-0.4, -0.2) is 12.2 Å². The van der Waals surface area contributed by atoms with Gasteiger partial charge in [-0.05, 0) is 19.4 Å². The number of rotatable bonds is 2. The molecule has 4 nitrogen and oxygen atoms in total. The SMILES string of the molecule is Cc1c(Cl)c(Cl)c(N=C=O)c(C)c1N=C=O. The largest absolute Gasteiger partial charge is 0.240 e. The maximum atomic E-state index is 10.3. The van der Waals surface area contributed by atoms with Gasteiger partial charge in [0.25, 0.3) is 0 Å². The molecule has 0 aromatic heterocycles. The molecule has 0 saturated heterocycles. The monoisotopic (exact) mass is 256 g/mol. The van der Waals surface area contributed by atoms with Gasteiger partial charge in [-0.15, -0.1) is 0 Å². The summed E-state index contributed by atoms with van der Waals surface area (Å²) in [4.78, 5) is 27.5. The highest BCUT2D eigenvalue weighted by molar-refractivity contribution is 6.44. The molecule has 0 bridgehead atoms. The van der Waals surface area contributed by atoms with Gasteiger partial charge in [-0.1, -0.05) is 23.2 Å². The van der Waals surface area contributed by atoms with Crippen molar-refractivity contribution >= 4 is 46.7 Å². The fraction of sp³-hybridized carbons (Fsp3) is 0.200. The van der Waals surface area contributed by atoms with E-state index in [2.05, 4.69) is 9.98 Å². The van der Waals surface area contributed by atoms with E-state index in [1.54, 1.807) is 13.8 Å². The lowest BCUT2D eigenvalue weighted by Gasteiger charge is -2.10. The van der Waals surface area contributed by atoms with E-state index in [-0.39, 0.29) is 15.7 Å². The zero-order valence-corrected chi connectivity index (χ0v) is 9.98. The molecule has 1 rings (SSSR count). The highest BCUT2D eigenvalue weighted by atomic mass is 35.5. The number of nitrogens with zero attached hydrogens (tertiary/aromatic N) is 2. The van der Waals surface area contributed by atoms with Gasteiger partial charge in [0.1, 0.15) is 5.69 Å². The molecular weight excluding hydrogens is 251 g/mol. The first-order chi connectivity index (χ1) is 7.54. The van der Waals surface area contributed by atoms with Crippen molar-refractivity contribution in [1.29, 1.82) is 0 Å². The second-order valence-corrected chi connectivity index (χ2v) is 3.74. The zero-order chi connectivity index (χ0) is 12.3. The molecule has 0 amide bonds. The number of aliphatic imine (C=N–C) groups is 2. The molecule has 0 heterocycles. The molecule has 0 aliphatic carbocycles. The van der Waals surface area contributed by atoms with Crippen LogP contribution in [-0.2, 0) is 9.59 Å². The Morgan fingerprint density at radius 2 is 1.38 bits per heavy atom. The Morgan fingerprint density at radius 3 is 1.88 bits per heavy atom. The normalized spacial score (nSPS) is 9.25. The van der Waals surface area contributed by atoms with E-state index in [1.165, 1.54) is 12.2 Å². The van der Waals surface area contributed by atoms with Crippen molar-refractivity contribution in [3.63, 3.8) is 0 Å². The third kappa shape index (κ3) is 2.06.